The van der Waals surface area contributed by atoms with Crippen LogP contribution in [0, 0.1) is 20.8 Å². The Hall–Kier alpha value is -2.27. The van der Waals surface area contributed by atoms with Crippen LogP contribution in [0.4, 0.5) is 0 Å². The molecule has 0 aliphatic heterocycles. The lowest BCUT2D eigenvalue weighted by molar-refractivity contribution is 0.0941. The molecule has 3 aromatic rings. The molecule has 124 valence electrons. The lowest BCUT2D eigenvalue weighted by Gasteiger charge is -2.15. The third-order valence-electron chi connectivity index (χ3n) is 4.25. The van der Waals surface area contributed by atoms with E-state index in [9.17, 15) is 4.79 Å². The smallest absolute Gasteiger partial charge is 0.252 e. The quantitative estimate of drug-likeness (QED) is 0.782. The third kappa shape index (κ3) is 3.31. The van der Waals surface area contributed by atoms with Crippen LogP contribution in [0.1, 0.15) is 39.0 Å². The molecule has 0 bridgehead atoms. The summed E-state index contributed by atoms with van der Waals surface area (Å²) in [5, 5.41) is 4.01. The Balaban J connectivity index is 1.90. The lowest BCUT2D eigenvalue weighted by Crippen LogP contribution is -2.34. The van der Waals surface area contributed by atoms with Crippen molar-refractivity contribution < 1.29 is 4.79 Å². The van der Waals surface area contributed by atoms with Crippen LogP contribution in [-0.4, -0.2) is 21.9 Å². The highest BCUT2D eigenvalue weighted by Crippen LogP contribution is 2.24. The number of aromatic nitrogens is 2. The minimum atomic E-state index is -0.0502. The van der Waals surface area contributed by atoms with Gasteiger partial charge in [0.15, 0.2) is 0 Å². The number of benzene rings is 1. The monoisotopic (exact) mass is 339 g/mol. The molecule has 4 nitrogen and oxygen atoms in total. The van der Waals surface area contributed by atoms with Gasteiger partial charge in [0.1, 0.15) is 0 Å². The molecule has 0 saturated heterocycles. The summed E-state index contributed by atoms with van der Waals surface area (Å²) in [5.74, 6) is -0.0502. The number of aryl methyl sites for hydroxylation is 3. The zero-order chi connectivity index (χ0) is 17.3. The zero-order valence-electron chi connectivity index (χ0n) is 14.4. The standard InChI is InChI=1S/C19H21N3OS/c1-11-5-6-16-17(8-13(3)21-18(16)14(11)4)19(23)22-12(2)7-15-9-20-10-24-15/h5-6,8-10,12H,7H2,1-4H3,(H,22,23)/t12-/m0/s1. The number of hydrogen-bond acceptors (Lipinski definition) is 4. The Labute approximate surface area is 146 Å². The van der Waals surface area contributed by atoms with E-state index in [4.69, 9.17) is 0 Å². The van der Waals surface area contributed by atoms with Gasteiger partial charge in [-0.1, -0.05) is 12.1 Å². The molecule has 3 rings (SSSR count). The van der Waals surface area contributed by atoms with E-state index in [0.717, 1.165) is 28.6 Å². The zero-order valence-corrected chi connectivity index (χ0v) is 15.2. The van der Waals surface area contributed by atoms with Crippen molar-refractivity contribution in [2.75, 3.05) is 0 Å². The normalized spacial score (nSPS) is 12.3. The fraction of sp³-hybridized carbons (Fsp3) is 0.316. The fourth-order valence-electron chi connectivity index (χ4n) is 2.84. The molecule has 0 unspecified atom stereocenters. The molecular formula is C19H21N3OS. The van der Waals surface area contributed by atoms with Crippen molar-refractivity contribution in [3.63, 3.8) is 0 Å². The summed E-state index contributed by atoms with van der Waals surface area (Å²) in [7, 11) is 0. The van der Waals surface area contributed by atoms with E-state index in [1.165, 1.54) is 10.4 Å². The van der Waals surface area contributed by atoms with Crippen molar-refractivity contribution in [1.29, 1.82) is 0 Å². The van der Waals surface area contributed by atoms with Gasteiger partial charge in [0, 0.05) is 34.6 Å². The predicted octanol–water partition coefficient (Wildman–Crippen LogP) is 3.98. The van der Waals surface area contributed by atoms with Crippen LogP contribution < -0.4 is 5.32 Å². The minimum absolute atomic E-state index is 0.0491. The maximum Gasteiger partial charge on any atom is 0.252 e. The molecule has 0 aliphatic carbocycles. The van der Waals surface area contributed by atoms with E-state index in [2.05, 4.69) is 29.1 Å². The molecule has 24 heavy (non-hydrogen) atoms. The van der Waals surface area contributed by atoms with Gasteiger partial charge < -0.3 is 5.32 Å². The Morgan fingerprint density at radius 3 is 2.79 bits per heavy atom. The Morgan fingerprint density at radius 1 is 1.29 bits per heavy atom. The Kier molecular flexibility index (Phi) is 4.62. The maximum absolute atomic E-state index is 12.8. The van der Waals surface area contributed by atoms with Crippen LogP contribution in [0.5, 0.6) is 0 Å². The Bertz CT molecular complexity index is 887. The van der Waals surface area contributed by atoms with Gasteiger partial charge >= 0.3 is 0 Å². The van der Waals surface area contributed by atoms with E-state index < -0.39 is 0 Å². The van der Waals surface area contributed by atoms with E-state index in [-0.39, 0.29) is 11.9 Å². The number of pyridine rings is 1. The maximum atomic E-state index is 12.8. The second-order valence-corrected chi connectivity index (χ2v) is 7.23. The fourth-order valence-corrected chi connectivity index (χ4v) is 3.57. The first-order valence-electron chi connectivity index (χ1n) is 8.01. The molecular weight excluding hydrogens is 318 g/mol. The first-order valence-corrected chi connectivity index (χ1v) is 8.89. The molecule has 1 N–H and O–H groups in total. The molecule has 1 atom stereocenters. The van der Waals surface area contributed by atoms with Gasteiger partial charge in [0.05, 0.1) is 16.6 Å². The summed E-state index contributed by atoms with van der Waals surface area (Å²) in [6, 6.07) is 5.96. The number of carbonyl (C=O) groups excluding carboxylic acids is 1. The van der Waals surface area contributed by atoms with Crippen LogP contribution in [0.15, 0.2) is 29.9 Å². The number of rotatable bonds is 4. The molecule has 1 aromatic carbocycles. The van der Waals surface area contributed by atoms with Crippen molar-refractivity contribution in [3.8, 4) is 0 Å². The highest BCUT2D eigenvalue weighted by Gasteiger charge is 2.16. The summed E-state index contributed by atoms with van der Waals surface area (Å²) in [6.07, 6.45) is 2.64. The second-order valence-electron chi connectivity index (χ2n) is 6.26. The van der Waals surface area contributed by atoms with Crippen molar-refractivity contribution in [3.05, 3.63) is 57.2 Å². The molecule has 2 aromatic heterocycles. The topological polar surface area (TPSA) is 54.9 Å². The molecule has 1 amide bonds. The number of nitrogens with one attached hydrogen (secondary N) is 1. The van der Waals surface area contributed by atoms with Crippen LogP contribution in [0.25, 0.3) is 10.9 Å². The van der Waals surface area contributed by atoms with Gasteiger partial charge in [0.2, 0.25) is 0 Å². The number of nitrogens with zero attached hydrogens (tertiary/aromatic N) is 2. The summed E-state index contributed by atoms with van der Waals surface area (Å²) < 4.78 is 0. The van der Waals surface area contributed by atoms with E-state index in [1.54, 1.807) is 11.3 Å². The first-order chi connectivity index (χ1) is 11.5. The van der Waals surface area contributed by atoms with Gasteiger partial charge in [-0.2, -0.15) is 0 Å². The molecule has 0 aliphatic rings. The van der Waals surface area contributed by atoms with Gasteiger partial charge in [-0.25, -0.2) is 0 Å². The molecule has 0 fully saturated rings. The average molecular weight is 339 g/mol. The van der Waals surface area contributed by atoms with E-state index in [0.29, 0.717) is 5.56 Å². The highest BCUT2D eigenvalue weighted by molar-refractivity contribution is 7.09. The van der Waals surface area contributed by atoms with Gasteiger partial charge in [-0.05, 0) is 44.9 Å². The summed E-state index contributed by atoms with van der Waals surface area (Å²) in [5.41, 5.74) is 6.59. The SMILES string of the molecule is Cc1cc(C(=O)N[C@@H](C)Cc2cncs2)c2ccc(C)c(C)c2n1. The molecule has 0 spiro atoms. The van der Waals surface area contributed by atoms with Crippen molar-refractivity contribution >= 4 is 28.1 Å². The van der Waals surface area contributed by atoms with Gasteiger partial charge in [-0.3, -0.25) is 14.8 Å². The highest BCUT2D eigenvalue weighted by atomic mass is 32.1. The van der Waals surface area contributed by atoms with Crippen molar-refractivity contribution in [2.24, 2.45) is 0 Å². The Morgan fingerprint density at radius 2 is 2.08 bits per heavy atom. The van der Waals surface area contributed by atoms with E-state index in [1.807, 2.05) is 43.8 Å². The summed E-state index contributed by atoms with van der Waals surface area (Å²) in [6.45, 7) is 8.07. The number of amides is 1. The molecule has 0 radical (unpaired) electrons. The van der Waals surface area contributed by atoms with Crippen molar-refractivity contribution in [2.45, 2.75) is 40.2 Å². The van der Waals surface area contributed by atoms with E-state index >= 15 is 0 Å². The number of fused-ring (bicyclic) bond motifs is 1. The molecule has 0 saturated carbocycles. The third-order valence-corrected chi connectivity index (χ3v) is 5.05. The average Bonchev–Trinajstić information content (AvgIpc) is 3.03. The second kappa shape index (κ2) is 6.69. The molecule has 5 heteroatoms. The van der Waals surface area contributed by atoms with Crippen LogP contribution in [0.3, 0.4) is 0 Å². The number of carbonyl (C=O) groups is 1. The summed E-state index contributed by atoms with van der Waals surface area (Å²) >= 11 is 1.61. The van der Waals surface area contributed by atoms with Crippen LogP contribution in [0.2, 0.25) is 0 Å². The van der Waals surface area contributed by atoms with Crippen LogP contribution in [-0.2, 0) is 6.42 Å². The largest absolute Gasteiger partial charge is 0.349 e. The van der Waals surface area contributed by atoms with Gasteiger partial charge in [-0.15, -0.1) is 11.3 Å². The predicted molar refractivity (Wildman–Crippen MR) is 98.7 cm³/mol. The van der Waals surface area contributed by atoms with Crippen LogP contribution >= 0.6 is 11.3 Å². The lowest BCUT2D eigenvalue weighted by atomic mass is 10.0. The molecule has 2 heterocycles. The van der Waals surface area contributed by atoms with Crippen molar-refractivity contribution in [1.82, 2.24) is 15.3 Å². The summed E-state index contributed by atoms with van der Waals surface area (Å²) in [4.78, 5) is 22.7. The number of thiazole rings is 1. The number of hydrogen-bond donors (Lipinski definition) is 1. The minimum Gasteiger partial charge on any atom is -0.349 e. The first kappa shape index (κ1) is 16.6. The van der Waals surface area contributed by atoms with Gasteiger partial charge in [0.25, 0.3) is 5.91 Å².